The van der Waals surface area contributed by atoms with Crippen molar-refractivity contribution in [1.82, 2.24) is 0 Å². The predicted octanol–water partition coefficient (Wildman–Crippen LogP) is 3.19. The van der Waals surface area contributed by atoms with Gasteiger partial charge in [0.15, 0.2) is 0 Å². The standard InChI is InChI=1S/C11H11IN2O/c1-9(6-13)15-11-5-3-2-4-10(11)7-14-8-12/h2-6,8,13H,1,7H2/b13-6?,14-8-. The van der Waals surface area contributed by atoms with E-state index in [1.54, 1.807) is 4.22 Å². The maximum absolute atomic E-state index is 6.99. The molecule has 0 aliphatic rings. The average Bonchev–Trinajstić information content (AvgIpc) is 2.28. The molecule has 0 unspecified atom stereocenters. The van der Waals surface area contributed by atoms with Crippen LogP contribution in [0.2, 0.25) is 0 Å². The molecule has 0 bridgehead atoms. The molecule has 0 heterocycles. The monoisotopic (exact) mass is 314 g/mol. The Morgan fingerprint density at radius 3 is 2.93 bits per heavy atom. The number of nitrogens with zero attached hydrogens (tertiary/aromatic N) is 1. The van der Waals surface area contributed by atoms with Gasteiger partial charge in [-0.2, -0.15) is 0 Å². The minimum atomic E-state index is 0.320. The van der Waals surface area contributed by atoms with Gasteiger partial charge in [0.1, 0.15) is 11.5 Å². The summed E-state index contributed by atoms with van der Waals surface area (Å²) in [5.41, 5.74) is 0.980. The minimum Gasteiger partial charge on any atom is -0.456 e. The number of halogens is 1. The molecule has 1 rings (SSSR count). The van der Waals surface area contributed by atoms with Crippen molar-refractivity contribution in [1.29, 1.82) is 5.41 Å². The van der Waals surface area contributed by atoms with Gasteiger partial charge in [-0.3, -0.25) is 4.99 Å². The first-order valence-electron chi connectivity index (χ1n) is 4.31. The van der Waals surface area contributed by atoms with Crippen LogP contribution in [0.25, 0.3) is 0 Å². The van der Waals surface area contributed by atoms with Crippen molar-refractivity contribution in [2.45, 2.75) is 6.54 Å². The maximum Gasteiger partial charge on any atom is 0.137 e. The molecule has 0 fully saturated rings. The Labute approximate surface area is 103 Å². The summed E-state index contributed by atoms with van der Waals surface area (Å²) in [4.78, 5) is 4.13. The molecule has 3 nitrogen and oxygen atoms in total. The molecule has 0 aliphatic heterocycles. The molecule has 0 amide bonds. The molecule has 0 atom stereocenters. The molecular weight excluding hydrogens is 303 g/mol. The molecule has 0 saturated carbocycles. The van der Waals surface area contributed by atoms with Crippen molar-refractivity contribution in [2.75, 3.05) is 0 Å². The van der Waals surface area contributed by atoms with Gasteiger partial charge in [-0.25, -0.2) is 0 Å². The van der Waals surface area contributed by atoms with Gasteiger partial charge >= 0.3 is 0 Å². The fourth-order valence-corrected chi connectivity index (χ4v) is 1.23. The Hall–Kier alpha value is -1.17. The van der Waals surface area contributed by atoms with Crippen LogP contribution in [0.5, 0.6) is 5.75 Å². The third kappa shape index (κ3) is 3.83. The molecule has 78 valence electrons. The summed E-state index contributed by atoms with van der Waals surface area (Å²) in [6.45, 7) is 4.16. The number of rotatable bonds is 5. The molecule has 0 aromatic heterocycles. The summed E-state index contributed by atoms with van der Waals surface area (Å²) in [6.07, 6.45) is 1.08. The molecule has 1 aromatic rings. The van der Waals surface area contributed by atoms with E-state index in [-0.39, 0.29) is 0 Å². The lowest BCUT2D eigenvalue weighted by Gasteiger charge is -2.08. The predicted molar refractivity (Wildman–Crippen MR) is 71.2 cm³/mol. The number of hydrogen-bond acceptors (Lipinski definition) is 3. The number of para-hydroxylation sites is 1. The minimum absolute atomic E-state index is 0.320. The number of allylic oxidation sites excluding steroid dienone is 1. The highest BCUT2D eigenvalue weighted by Crippen LogP contribution is 2.20. The number of ether oxygens (including phenoxy) is 1. The second-order valence-electron chi connectivity index (χ2n) is 2.76. The molecule has 0 aliphatic carbocycles. The van der Waals surface area contributed by atoms with Crippen LogP contribution in [0.15, 0.2) is 41.6 Å². The first-order valence-corrected chi connectivity index (χ1v) is 5.56. The number of hydrogen-bond donors (Lipinski definition) is 1. The second kappa shape index (κ2) is 6.34. The van der Waals surface area contributed by atoms with Gasteiger partial charge in [0.25, 0.3) is 0 Å². The molecule has 1 aromatic carbocycles. The zero-order valence-corrected chi connectivity index (χ0v) is 10.3. The molecule has 15 heavy (non-hydrogen) atoms. The van der Waals surface area contributed by atoms with E-state index >= 15 is 0 Å². The largest absolute Gasteiger partial charge is 0.456 e. The Balaban J connectivity index is 2.85. The van der Waals surface area contributed by atoms with Crippen LogP contribution in [0.4, 0.5) is 0 Å². The highest BCUT2D eigenvalue weighted by molar-refractivity contribution is 14.1. The summed E-state index contributed by atoms with van der Waals surface area (Å²) >= 11 is 2.07. The SMILES string of the molecule is C=C(C=N)Oc1ccccc1C/N=C\I. The van der Waals surface area contributed by atoms with Gasteiger partial charge in [0.2, 0.25) is 0 Å². The quantitative estimate of drug-likeness (QED) is 0.506. The van der Waals surface area contributed by atoms with Crippen molar-refractivity contribution in [3.8, 4) is 5.75 Å². The van der Waals surface area contributed by atoms with Crippen molar-refractivity contribution < 1.29 is 4.74 Å². The van der Waals surface area contributed by atoms with Gasteiger partial charge in [0.05, 0.1) is 17.0 Å². The van der Waals surface area contributed by atoms with E-state index in [0.29, 0.717) is 18.1 Å². The second-order valence-corrected chi connectivity index (χ2v) is 3.32. The zero-order chi connectivity index (χ0) is 11.1. The van der Waals surface area contributed by atoms with Crippen LogP contribution in [0, 0.1) is 5.41 Å². The van der Waals surface area contributed by atoms with Crippen LogP contribution in [-0.4, -0.2) is 10.4 Å². The lowest BCUT2D eigenvalue weighted by molar-refractivity contribution is 0.453. The highest BCUT2D eigenvalue weighted by Gasteiger charge is 2.02. The van der Waals surface area contributed by atoms with E-state index in [1.807, 2.05) is 24.3 Å². The van der Waals surface area contributed by atoms with Crippen molar-refractivity contribution in [3.63, 3.8) is 0 Å². The Kier molecular flexibility index (Phi) is 5.03. The number of nitrogens with one attached hydrogen (secondary N) is 1. The van der Waals surface area contributed by atoms with Gasteiger partial charge in [-0.05, 0) is 28.7 Å². The van der Waals surface area contributed by atoms with Crippen molar-refractivity contribution in [3.05, 3.63) is 42.2 Å². The van der Waals surface area contributed by atoms with Crippen LogP contribution in [0.1, 0.15) is 5.56 Å². The van der Waals surface area contributed by atoms with Crippen LogP contribution in [-0.2, 0) is 6.54 Å². The smallest absolute Gasteiger partial charge is 0.137 e. The maximum atomic E-state index is 6.99. The zero-order valence-electron chi connectivity index (χ0n) is 8.11. The van der Waals surface area contributed by atoms with Gasteiger partial charge in [-0.1, -0.05) is 24.8 Å². The fourth-order valence-electron chi connectivity index (χ4n) is 1.04. The van der Waals surface area contributed by atoms with Crippen LogP contribution >= 0.6 is 22.6 Å². The van der Waals surface area contributed by atoms with Crippen LogP contribution < -0.4 is 4.74 Å². The summed E-state index contributed by atoms with van der Waals surface area (Å²) in [5.74, 6) is 1.02. The van der Waals surface area contributed by atoms with Gasteiger partial charge < -0.3 is 10.1 Å². The molecule has 0 spiro atoms. The fraction of sp³-hybridized carbons (Fsp3) is 0.0909. The Bertz CT molecular complexity index is 388. The van der Waals surface area contributed by atoms with E-state index in [4.69, 9.17) is 10.1 Å². The summed E-state index contributed by atoms with van der Waals surface area (Å²) in [7, 11) is 0. The van der Waals surface area contributed by atoms with Gasteiger partial charge in [-0.15, -0.1) is 0 Å². The number of aliphatic imine (C=N–C) groups is 1. The van der Waals surface area contributed by atoms with E-state index in [9.17, 15) is 0 Å². The Morgan fingerprint density at radius 2 is 2.27 bits per heavy atom. The van der Waals surface area contributed by atoms with E-state index in [0.717, 1.165) is 11.8 Å². The topological polar surface area (TPSA) is 45.4 Å². The van der Waals surface area contributed by atoms with Crippen LogP contribution in [0.3, 0.4) is 0 Å². The first kappa shape index (κ1) is 11.9. The third-order valence-electron chi connectivity index (χ3n) is 1.71. The molecular formula is C11H11IN2O. The van der Waals surface area contributed by atoms with Crippen molar-refractivity contribution in [2.24, 2.45) is 4.99 Å². The first-order chi connectivity index (χ1) is 7.27. The van der Waals surface area contributed by atoms with E-state index in [2.05, 4.69) is 34.2 Å². The molecule has 1 N–H and O–H groups in total. The highest BCUT2D eigenvalue weighted by atomic mass is 127. The third-order valence-corrected chi connectivity index (χ3v) is 2.10. The molecule has 0 radical (unpaired) electrons. The lowest BCUT2D eigenvalue weighted by atomic mass is 10.2. The van der Waals surface area contributed by atoms with Gasteiger partial charge in [0, 0.05) is 5.56 Å². The van der Waals surface area contributed by atoms with E-state index in [1.165, 1.54) is 0 Å². The average molecular weight is 314 g/mol. The molecule has 4 heteroatoms. The Morgan fingerprint density at radius 1 is 1.53 bits per heavy atom. The normalized spacial score (nSPS) is 10.2. The lowest BCUT2D eigenvalue weighted by Crippen LogP contribution is -1.97. The van der Waals surface area contributed by atoms with E-state index < -0.39 is 0 Å². The molecule has 0 saturated heterocycles. The summed E-state index contributed by atoms with van der Waals surface area (Å²) in [5, 5.41) is 6.99. The number of benzene rings is 1. The van der Waals surface area contributed by atoms with Crippen molar-refractivity contribution >= 4 is 33.0 Å². The summed E-state index contributed by atoms with van der Waals surface area (Å²) < 4.78 is 7.10. The summed E-state index contributed by atoms with van der Waals surface area (Å²) in [6, 6.07) is 7.59.